The first kappa shape index (κ1) is 14.1. The minimum absolute atomic E-state index is 0.108. The summed E-state index contributed by atoms with van der Waals surface area (Å²) >= 11 is 0. The molecule has 3 rings (SSSR count). The summed E-state index contributed by atoms with van der Waals surface area (Å²) in [5, 5.41) is 10.4. The van der Waals surface area contributed by atoms with Gasteiger partial charge in [-0.05, 0) is 13.3 Å². The molecule has 1 unspecified atom stereocenters. The Balaban J connectivity index is 1.78. The summed E-state index contributed by atoms with van der Waals surface area (Å²) in [6.45, 7) is 4.34. The highest BCUT2D eigenvalue weighted by Crippen LogP contribution is 2.32. The topological polar surface area (TPSA) is 87.3 Å². The van der Waals surface area contributed by atoms with Gasteiger partial charge in [-0.15, -0.1) is 0 Å². The van der Waals surface area contributed by atoms with E-state index in [-0.39, 0.29) is 11.9 Å². The molecule has 2 aliphatic rings. The molecule has 0 spiro atoms. The van der Waals surface area contributed by atoms with Crippen LogP contribution < -0.4 is 5.32 Å². The lowest BCUT2D eigenvalue weighted by Crippen LogP contribution is -2.36. The van der Waals surface area contributed by atoms with E-state index in [1.165, 1.54) is 7.11 Å². The van der Waals surface area contributed by atoms with E-state index in [4.69, 9.17) is 4.74 Å². The third-order valence-electron chi connectivity index (χ3n) is 4.45. The molecule has 1 aromatic heterocycles. The molecule has 7 nitrogen and oxygen atoms in total. The molecule has 0 bridgehead atoms. The second-order valence-electron chi connectivity index (χ2n) is 5.99. The van der Waals surface area contributed by atoms with Crippen LogP contribution in [0.15, 0.2) is 0 Å². The van der Waals surface area contributed by atoms with E-state index in [1.54, 1.807) is 4.90 Å². The number of likely N-dealkylation sites (tertiary alicyclic amines) is 1. The Hall–Kier alpha value is -1.89. The van der Waals surface area contributed by atoms with Gasteiger partial charge in [-0.1, -0.05) is 0 Å². The Morgan fingerprint density at radius 3 is 3.00 bits per heavy atom. The third kappa shape index (κ3) is 2.31. The number of nitrogens with zero attached hydrogens (tertiary/aromatic N) is 2. The van der Waals surface area contributed by atoms with E-state index < -0.39 is 5.41 Å². The molecular formula is C14H20N4O3. The van der Waals surface area contributed by atoms with E-state index in [1.807, 2.05) is 6.92 Å². The third-order valence-corrected chi connectivity index (χ3v) is 4.45. The summed E-state index contributed by atoms with van der Waals surface area (Å²) in [6, 6.07) is 0. The summed E-state index contributed by atoms with van der Waals surface area (Å²) in [5.74, 6) is -0.368. The molecule has 7 heteroatoms. The average Bonchev–Trinajstić information content (AvgIpc) is 3.10. The van der Waals surface area contributed by atoms with Crippen molar-refractivity contribution in [1.82, 2.24) is 20.4 Å². The van der Waals surface area contributed by atoms with Crippen LogP contribution in [0, 0.1) is 5.41 Å². The molecule has 114 valence electrons. The maximum absolute atomic E-state index is 12.6. The predicted molar refractivity (Wildman–Crippen MR) is 74.6 cm³/mol. The highest BCUT2D eigenvalue weighted by molar-refractivity contribution is 5.95. The number of carbonyl (C=O) groups excluding carboxylic acids is 2. The van der Waals surface area contributed by atoms with Gasteiger partial charge in [0, 0.05) is 43.9 Å². The Kier molecular flexibility index (Phi) is 3.44. The average molecular weight is 292 g/mol. The number of ether oxygens (including phenoxy) is 1. The zero-order chi connectivity index (χ0) is 15.0. The lowest BCUT2D eigenvalue weighted by molar-refractivity contribution is -0.150. The van der Waals surface area contributed by atoms with Crippen molar-refractivity contribution in [2.45, 2.75) is 26.3 Å². The van der Waals surface area contributed by atoms with Gasteiger partial charge >= 0.3 is 5.97 Å². The van der Waals surface area contributed by atoms with Crippen LogP contribution >= 0.6 is 0 Å². The number of methoxy groups -OCH3 is 1. The van der Waals surface area contributed by atoms with Gasteiger partial charge in [-0.25, -0.2) is 0 Å². The van der Waals surface area contributed by atoms with E-state index >= 15 is 0 Å². The number of aromatic nitrogens is 2. The molecule has 0 aliphatic carbocycles. The van der Waals surface area contributed by atoms with Gasteiger partial charge in [0.1, 0.15) is 0 Å². The summed E-state index contributed by atoms with van der Waals surface area (Å²) in [5.41, 5.74) is 1.86. The van der Waals surface area contributed by atoms with Gasteiger partial charge < -0.3 is 15.0 Å². The van der Waals surface area contributed by atoms with Crippen molar-refractivity contribution in [2.24, 2.45) is 5.41 Å². The standard InChI is InChI=1S/C14H20N4O3/c1-14(13(20)21-2)4-6-18(8-14)12(19)11-9-7-15-5-3-10(9)16-17-11/h15H,3-8H2,1-2H3,(H,16,17). The number of rotatable bonds is 2. The molecule has 0 aromatic carbocycles. The Morgan fingerprint density at radius 1 is 1.43 bits per heavy atom. The van der Waals surface area contributed by atoms with Gasteiger partial charge in [0.2, 0.25) is 0 Å². The molecule has 1 saturated heterocycles. The second-order valence-corrected chi connectivity index (χ2v) is 5.99. The zero-order valence-corrected chi connectivity index (χ0v) is 12.4. The van der Waals surface area contributed by atoms with Crippen LogP contribution in [0.1, 0.15) is 35.1 Å². The molecular weight excluding hydrogens is 272 g/mol. The lowest BCUT2D eigenvalue weighted by atomic mass is 9.90. The van der Waals surface area contributed by atoms with E-state index in [0.717, 1.165) is 24.2 Å². The molecule has 3 heterocycles. The number of carbonyl (C=O) groups is 2. The first-order valence-electron chi connectivity index (χ1n) is 7.20. The van der Waals surface area contributed by atoms with Crippen molar-refractivity contribution < 1.29 is 14.3 Å². The minimum atomic E-state index is -0.612. The summed E-state index contributed by atoms with van der Waals surface area (Å²) in [6.07, 6.45) is 1.48. The van der Waals surface area contributed by atoms with Gasteiger partial charge in [-0.3, -0.25) is 14.7 Å². The fourth-order valence-electron chi connectivity index (χ4n) is 3.10. The lowest BCUT2D eigenvalue weighted by Gasteiger charge is -2.22. The first-order valence-corrected chi connectivity index (χ1v) is 7.20. The van der Waals surface area contributed by atoms with Gasteiger partial charge in [0.05, 0.1) is 12.5 Å². The molecule has 1 fully saturated rings. The minimum Gasteiger partial charge on any atom is -0.469 e. The van der Waals surface area contributed by atoms with Crippen molar-refractivity contribution in [3.8, 4) is 0 Å². The maximum atomic E-state index is 12.6. The maximum Gasteiger partial charge on any atom is 0.313 e. The van der Waals surface area contributed by atoms with Gasteiger partial charge in [0.15, 0.2) is 5.69 Å². The molecule has 21 heavy (non-hydrogen) atoms. The number of H-pyrrole nitrogens is 1. The molecule has 1 atom stereocenters. The predicted octanol–water partition coefficient (Wildman–Crippen LogP) is 0.0806. The highest BCUT2D eigenvalue weighted by atomic mass is 16.5. The normalized spacial score (nSPS) is 24.8. The molecule has 0 radical (unpaired) electrons. The fraction of sp³-hybridized carbons (Fsp3) is 0.643. The molecule has 1 amide bonds. The Bertz CT molecular complexity index is 583. The number of fused-ring (bicyclic) bond motifs is 1. The highest BCUT2D eigenvalue weighted by Gasteiger charge is 2.43. The number of hydrogen-bond acceptors (Lipinski definition) is 5. The molecule has 0 saturated carbocycles. The molecule has 2 N–H and O–H groups in total. The van der Waals surface area contributed by atoms with Gasteiger partial charge in [-0.2, -0.15) is 5.10 Å². The largest absolute Gasteiger partial charge is 0.469 e. The molecule has 2 aliphatic heterocycles. The van der Waals surface area contributed by atoms with Crippen molar-refractivity contribution in [3.05, 3.63) is 17.0 Å². The van der Waals surface area contributed by atoms with E-state index in [2.05, 4.69) is 15.5 Å². The van der Waals surface area contributed by atoms with Crippen LogP contribution in [0.5, 0.6) is 0 Å². The zero-order valence-electron chi connectivity index (χ0n) is 12.4. The number of esters is 1. The summed E-state index contributed by atoms with van der Waals surface area (Å²) < 4.78 is 4.84. The quantitative estimate of drug-likeness (QED) is 0.754. The number of nitrogens with one attached hydrogen (secondary N) is 2. The Labute approximate surface area is 123 Å². The van der Waals surface area contributed by atoms with Gasteiger partial charge in [0.25, 0.3) is 5.91 Å². The van der Waals surface area contributed by atoms with Crippen LogP contribution in [0.3, 0.4) is 0 Å². The molecule has 1 aromatic rings. The first-order chi connectivity index (χ1) is 10.0. The number of amides is 1. The van der Waals surface area contributed by atoms with Crippen molar-refractivity contribution >= 4 is 11.9 Å². The Morgan fingerprint density at radius 2 is 2.24 bits per heavy atom. The summed E-state index contributed by atoms with van der Waals surface area (Å²) in [7, 11) is 1.38. The van der Waals surface area contributed by atoms with E-state index in [9.17, 15) is 9.59 Å². The van der Waals surface area contributed by atoms with Crippen molar-refractivity contribution in [1.29, 1.82) is 0 Å². The van der Waals surface area contributed by atoms with Crippen molar-refractivity contribution in [3.63, 3.8) is 0 Å². The van der Waals surface area contributed by atoms with Crippen molar-refractivity contribution in [2.75, 3.05) is 26.7 Å². The SMILES string of the molecule is COC(=O)C1(C)CCN(C(=O)c2n[nH]c3c2CNCC3)C1. The van der Waals surface area contributed by atoms with Crippen LogP contribution in [0.25, 0.3) is 0 Å². The van der Waals surface area contributed by atoms with Crippen LogP contribution in [0.2, 0.25) is 0 Å². The van der Waals surface area contributed by atoms with Crippen LogP contribution in [0.4, 0.5) is 0 Å². The fourth-order valence-corrected chi connectivity index (χ4v) is 3.10. The number of hydrogen-bond donors (Lipinski definition) is 2. The second kappa shape index (κ2) is 5.14. The summed E-state index contributed by atoms with van der Waals surface area (Å²) in [4.78, 5) is 26.2. The van der Waals surface area contributed by atoms with Crippen LogP contribution in [-0.4, -0.2) is 53.7 Å². The smallest absolute Gasteiger partial charge is 0.313 e. The monoisotopic (exact) mass is 292 g/mol. The van der Waals surface area contributed by atoms with E-state index in [0.29, 0.717) is 31.7 Å². The van der Waals surface area contributed by atoms with Crippen LogP contribution in [-0.2, 0) is 22.5 Å². The number of aromatic amines is 1.